The normalized spacial score (nSPS) is 16.0. The lowest BCUT2D eigenvalue weighted by Gasteiger charge is -2.12. The van der Waals surface area contributed by atoms with Crippen molar-refractivity contribution in [3.05, 3.63) is 57.6 Å². The summed E-state index contributed by atoms with van der Waals surface area (Å²) >= 11 is 2.37. The number of carbonyl (C=O) groups is 3. The van der Waals surface area contributed by atoms with Crippen LogP contribution in [-0.2, 0) is 16.0 Å². The number of hydrogen-bond donors (Lipinski definition) is 1. The van der Waals surface area contributed by atoms with Crippen LogP contribution in [0.2, 0.25) is 0 Å². The first-order chi connectivity index (χ1) is 16.5. The Morgan fingerprint density at radius 2 is 2.09 bits per heavy atom. The van der Waals surface area contributed by atoms with Gasteiger partial charge in [-0.25, -0.2) is 4.98 Å². The van der Waals surface area contributed by atoms with Crippen molar-refractivity contribution in [3.63, 3.8) is 0 Å². The first kappa shape index (κ1) is 22.2. The number of nitrogens with zero attached hydrogens (tertiary/aromatic N) is 2. The molecule has 3 aromatic rings. The Bertz CT molecular complexity index is 1300. The minimum atomic E-state index is -0.394. The molecule has 0 unspecified atom stereocenters. The summed E-state index contributed by atoms with van der Waals surface area (Å²) < 4.78 is 16.3. The molecule has 5 rings (SSSR count). The Morgan fingerprint density at radius 1 is 1.24 bits per heavy atom. The zero-order chi connectivity index (χ0) is 23.7. The smallest absolute Gasteiger partial charge is 0.293 e. The summed E-state index contributed by atoms with van der Waals surface area (Å²) in [6.07, 6.45) is 1.69. The summed E-state index contributed by atoms with van der Waals surface area (Å²) in [5, 5.41) is 4.29. The molecule has 2 aliphatic heterocycles. The van der Waals surface area contributed by atoms with Crippen LogP contribution < -0.4 is 14.8 Å². The molecule has 1 N–H and O–H groups in total. The largest absolute Gasteiger partial charge is 0.454 e. The second-order valence-corrected chi connectivity index (χ2v) is 9.41. The molecule has 2 aromatic heterocycles. The lowest BCUT2D eigenvalue weighted by Crippen LogP contribution is -2.37. The molecule has 0 spiro atoms. The topological polar surface area (TPSA) is 111 Å². The molecule has 34 heavy (non-hydrogen) atoms. The Kier molecular flexibility index (Phi) is 6.12. The van der Waals surface area contributed by atoms with Crippen LogP contribution in [-0.4, -0.2) is 46.8 Å². The third-order valence-electron chi connectivity index (χ3n) is 5.18. The quantitative estimate of drug-likeness (QED) is 0.490. The maximum Gasteiger partial charge on any atom is 0.293 e. The van der Waals surface area contributed by atoms with E-state index in [0.29, 0.717) is 33.7 Å². The first-order valence-corrected chi connectivity index (χ1v) is 12.1. The van der Waals surface area contributed by atoms with Gasteiger partial charge in [-0.3, -0.25) is 19.3 Å². The van der Waals surface area contributed by atoms with Crippen molar-refractivity contribution in [2.24, 2.45) is 0 Å². The molecule has 4 heterocycles. The minimum Gasteiger partial charge on any atom is -0.454 e. The second-order valence-electron chi connectivity index (χ2n) is 7.47. The number of thioether (sulfide) groups is 1. The summed E-state index contributed by atoms with van der Waals surface area (Å²) in [4.78, 5) is 44.2. The number of thiophene rings is 1. The fourth-order valence-corrected chi connectivity index (χ4v) is 4.98. The number of aromatic nitrogens is 1. The van der Waals surface area contributed by atoms with E-state index in [1.54, 1.807) is 31.2 Å². The van der Waals surface area contributed by atoms with Crippen LogP contribution in [0.15, 0.2) is 45.0 Å². The van der Waals surface area contributed by atoms with Gasteiger partial charge in [0.1, 0.15) is 5.76 Å². The van der Waals surface area contributed by atoms with E-state index in [9.17, 15) is 14.4 Å². The highest BCUT2D eigenvalue weighted by Crippen LogP contribution is 2.36. The van der Waals surface area contributed by atoms with E-state index in [4.69, 9.17) is 13.9 Å². The van der Waals surface area contributed by atoms with Crippen molar-refractivity contribution in [2.75, 3.05) is 19.9 Å². The van der Waals surface area contributed by atoms with Gasteiger partial charge in [0.05, 0.1) is 21.9 Å². The van der Waals surface area contributed by atoms with E-state index in [1.165, 1.54) is 11.3 Å². The van der Waals surface area contributed by atoms with Crippen molar-refractivity contribution in [1.29, 1.82) is 0 Å². The monoisotopic (exact) mass is 497 g/mol. The predicted octanol–water partition coefficient (Wildman–Crippen LogP) is 3.84. The van der Waals surface area contributed by atoms with E-state index in [-0.39, 0.29) is 37.4 Å². The third-order valence-corrected chi connectivity index (χ3v) is 6.94. The molecule has 0 saturated carbocycles. The Labute approximate surface area is 202 Å². The van der Waals surface area contributed by atoms with Gasteiger partial charge >= 0.3 is 0 Å². The molecule has 174 valence electrons. The molecule has 0 aliphatic carbocycles. The number of hydrogen-bond acceptors (Lipinski definition) is 9. The number of aryl methyl sites for hydroxylation is 1. The number of nitrogens with one attached hydrogen (secondary N) is 1. The molecule has 1 aromatic carbocycles. The number of amides is 3. The molecule has 0 bridgehead atoms. The van der Waals surface area contributed by atoms with Gasteiger partial charge in [-0.15, -0.1) is 11.3 Å². The maximum atomic E-state index is 12.7. The first-order valence-electron chi connectivity index (χ1n) is 10.4. The van der Waals surface area contributed by atoms with Gasteiger partial charge in [-0.1, -0.05) is 12.1 Å². The Balaban J connectivity index is 1.15. The highest BCUT2D eigenvalue weighted by atomic mass is 32.2. The summed E-state index contributed by atoms with van der Waals surface area (Å²) in [6, 6.07) is 9.11. The zero-order valence-electron chi connectivity index (χ0n) is 18.0. The van der Waals surface area contributed by atoms with Crippen LogP contribution >= 0.6 is 23.1 Å². The van der Waals surface area contributed by atoms with Crippen LogP contribution in [0.1, 0.15) is 17.0 Å². The van der Waals surface area contributed by atoms with Crippen LogP contribution in [0, 0.1) is 6.92 Å². The fraction of sp³-hybridized carbons (Fsp3) is 0.217. The molecule has 1 saturated heterocycles. The van der Waals surface area contributed by atoms with E-state index >= 15 is 0 Å². The highest BCUT2D eigenvalue weighted by Gasteiger charge is 2.34. The molecule has 0 atom stereocenters. The van der Waals surface area contributed by atoms with Crippen molar-refractivity contribution >= 4 is 46.2 Å². The van der Waals surface area contributed by atoms with Crippen LogP contribution in [0.4, 0.5) is 4.79 Å². The van der Waals surface area contributed by atoms with Gasteiger partial charge in [-0.2, -0.15) is 0 Å². The number of imide groups is 1. The average Bonchev–Trinajstić information content (AvgIpc) is 3.60. The van der Waals surface area contributed by atoms with Gasteiger partial charge in [0.15, 0.2) is 11.5 Å². The average molecular weight is 498 g/mol. The molecule has 3 amide bonds. The fourth-order valence-electron chi connectivity index (χ4n) is 3.47. The standard InChI is InChI=1S/C23H19N3O6S2/c1-13-15(25-21(32-13)18-3-2-8-33-18)11-20(27)24-6-7-26-22(28)19(34-23(26)29)10-14-4-5-16-17(9-14)31-12-30-16/h2-5,8-10H,6-7,11-12H2,1H3,(H,24,27)/b19-10-. The number of ether oxygens (including phenoxy) is 2. The molecule has 11 heteroatoms. The summed E-state index contributed by atoms with van der Waals surface area (Å²) in [7, 11) is 0. The lowest BCUT2D eigenvalue weighted by atomic mass is 10.2. The van der Waals surface area contributed by atoms with Gasteiger partial charge in [-0.05, 0) is 53.9 Å². The Hall–Kier alpha value is -3.57. The van der Waals surface area contributed by atoms with Gasteiger partial charge in [0, 0.05) is 13.1 Å². The summed E-state index contributed by atoms with van der Waals surface area (Å²) in [6.45, 7) is 2.14. The van der Waals surface area contributed by atoms with Gasteiger partial charge < -0.3 is 19.2 Å². The lowest BCUT2D eigenvalue weighted by molar-refractivity contribution is -0.124. The summed E-state index contributed by atoms with van der Waals surface area (Å²) in [5.74, 6) is 1.65. The molecule has 0 radical (unpaired) electrons. The van der Waals surface area contributed by atoms with Crippen LogP contribution in [0.5, 0.6) is 11.5 Å². The van der Waals surface area contributed by atoms with Crippen LogP contribution in [0.25, 0.3) is 16.8 Å². The zero-order valence-corrected chi connectivity index (χ0v) is 19.7. The van der Waals surface area contributed by atoms with E-state index in [0.717, 1.165) is 27.1 Å². The number of benzene rings is 1. The van der Waals surface area contributed by atoms with E-state index < -0.39 is 5.91 Å². The maximum absolute atomic E-state index is 12.7. The SMILES string of the molecule is Cc1oc(-c2cccs2)nc1CC(=O)NCCN1C(=O)S/C(=C\c2ccc3c(c2)OCO3)C1=O. The van der Waals surface area contributed by atoms with E-state index in [1.807, 2.05) is 17.5 Å². The molecule has 9 nitrogen and oxygen atoms in total. The molecule has 1 fully saturated rings. The number of fused-ring (bicyclic) bond motifs is 1. The van der Waals surface area contributed by atoms with Crippen molar-refractivity contribution in [2.45, 2.75) is 13.3 Å². The number of rotatable bonds is 7. The van der Waals surface area contributed by atoms with Gasteiger partial charge in [0.25, 0.3) is 11.1 Å². The highest BCUT2D eigenvalue weighted by molar-refractivity contribution is 8.18. The van der Waals surface area contributed by atoms with E-state index in [2.05, 4.69) is 10.3 Å². The van der Waals surface area contributed by atoms with Crippen molar-refractivity contribution in [3.8, 4) is 22.3 Å². The molecular formula is C23H19N3O6S2. The second kappa shape index (κ2) is 9.35. The number of carbonyl (C=O) groups excluding carboxylic acids is 3. The number of oxazole rings is 1. The van der Waals surface area contributed by atoms with Gasteiger partial charge in [0.2, 0.25) is 18.6 Å². The molecule has 2 aliphatic rings. The Morgan fingerprint density at radius 3 is 2.91 bits per heavy atom. The predicted molar refractivity (Wildman–Crippen MR) is 127 cm³/mol. The molecular weight excluding hydrogens is 478 g/mol. The van der Waals surface area contributed by atoms with Crippen LogP contribution in [0.3, 0.4) is 0 Å². The minimum absolute atomic E-state index is 0.0482. The summed E-state index contributed by atoms with van der Waals surface area (Å²) in [5.41, 5.74) is 1.28. The van der Waals surface area contributed by atoms with Crippen molar-refractivity contribution in [1.82, 2.24) is 15.2 Å². The van der Waals surface area contributed by atoms with Crippen molar-refractivity contribution < 1.29 is 28.3 Å². The third kappa shape index (κ3) is 4.57.